The van der Waals surface area contributed by atoms with E-state index in [0.717, 1.165) is 16.8 Å². The van der Waals surface area contributed by atoms with Crippen molar-refractivity contribution in [3.63, 3.8) is 0 Å². The molecule has 186 valence electrons. The van der Waals surface area contributed by atoms with E-state index in [-0.39, 0.29) is 22.9 Å². The van der Waals surface area contributed by atoms with Gasteiger partial charge in [-0.1, -0.05) is 54.6 Å². The lowest BCUT2D eigenvalue weighted by Crippen LogP contribution is -2.54. The van der Waals surface area contributed by atoms with Crippen LogP contribution in [0.2, 0.25) is 0 Å². The van der Waals surface area contributed by atoms with Crippen LogP contribution in [-0.2, 0) is 4.79 Å². The third-order valence-corrected chi connectivity index (χ3v) is 6.25. The summed E-state index contributed by atoms with van der Waals surface area (Å²) >= 11 is 0. The monoisotopic (exact) mass is 486 g/mol. The summed E-state index contributed by atoms with van der Waals surface area (Å²) in [4.78, 5) is 38.3. The zero-order valence-corrected chi connectivity index (χ0v) is 20.8. The summed E-state index contributed by atoms with van der Waals surface area (Å²) in [6.07, 6.45) is -0.700. The second-order valence-electron chi connectivity index (χ2n) is 8.64. The zero-order chi connectivity index (χ0) is 25.8. The first kappa shape index (κ1) is 25.1. The number of para-hydroxylation sites is 1. The number of carbonyl (C=O) groups is 2. The highest BCUT2D eigenvalue weighted by molar-refractivity contribution is 6.17. The van der Waals surface area contributed by atoms with Crippen molar-refractivity contribution in [3.8, 4) is 11.5 Å². The molecule has 3 aromatic carbocycles. The normalized spacial score (nSPS) is 17.9. The smallest absolute Gasteiger partial charge is 0.180 e. The lowest BCUT2D eigenvalue weighted by Gasteiger charge is -2.30. The van der Waals surface area contributed by atoms with Crippen LogP contribution < -0.4 is 25.7 Å². The highest BCUT2D eigenvalue weighted by atomic mass is 16.6. The van der Waals surface area contributed by atoms with Crippen molar-refractivity contribution < 1.29 is 19.2 Å². The Morgan fingerprint density at radius 2 is 1.67 bits per heavy atom. The number of carbonyl (C=O) groups excluding carboxylic acids is 2. The summed E-state index contributed by atoms with van der Waals surface area (Å²) in [5.41, 5.74) is 13.0. The fourth-order valence-electron chi connectivity index (χ4n) is 4.28. The van der Waals surface area contributed by atoms with Gasteiger partial charge in [-0.25, -0.2) is 0 Å². The molecule has 36 heavy (non-hydrogen) atoms. The zero-order valence-electron chi connectivity index (χ0n) is 20.8. The van der Waals surface area contributed by atoms with Crippen LogP contribution in [0.5, 0.6) is 11.5 Å². The van der Waals surface area contributed by atoms with E-state index in [1.807, 2.05) is 66.5 Å². The summed E-state index contributed by atoms with van der Waals surface area (Å²) < 4.78 is 5.29. The maximum Gasteiger partial charge on any atom is 0.180 e. The fraction of sp³-hybridized carbons (Fsp3) is 0.250. The van der Waals surface area contributed by atoms with Crippen LogP contribution in [0.3, 0.4) is 0 Å². The summed E-state index contributed by atoms with van der Waals surface area (Å²) in [6, 6.07) is 20.9. The summed E-state index contributed by atoms with van der Waals surface area (Å²) in [5, 5.41) is 0. The Morgan fingerprint density at radius 1 is 1.00 bits per heavy atom. The molecule has 3 aromatic rings. The topological polar surface area (TPSA) is 106 Å². The van der Waals surface area contributed by atoms with Gasteiger partial charge < -0.3 is 20.2 Å². The molecule has 0 amide bonds. The molecule has 1 heterocycles. The highest BCUT2D eigenvalue weighted by Crippen LogP contribution is 2.30. The lowest BCUT2D eigenvalue weighted by molar-refractivity contribution is -0.124. The number of hydrogen-bond donors (Lipinski definition) is 2. The lowest BCUT2D eigenvalue weighted by atomic mass is 10.0. The first-order chi connectivity index (χ1) is 17.3. The Labute approximate surface area is 210 Å². The first-order valence-electron chi connectivity index (χ1n) is 11.7. The molecule has 8 nitrogen and oxygen atoms in total. The Bertz CT molecular complexity index is 1290. The molecule has 0 saturated carbocycles. The van der Waals surface area contributed by atoms with E-state index in [1.54, 1.807) is 25.1 Å². The van der Waals surface area contributed by atoms with Crippen LogP contribution in [0, 0.1) is 0 Å². The maximum atomic E-state index is 13.7. The predicted octanol–water partition coefficient (Wildman–Crippen LogP) is 3.38. The molecule has 0 radical (unpaired) electrons. The molecule has 3 N–H and O–H groups in total. The predicted molar refractivity (Wildman–Crippen MR) is 140 cm³/mol. The fourth-order valence-corrected chi connectivity index (χ4v) is 4.28. The molecule has 3 atom stereocenters. The number of benzodiazepines with no additional fused rings is 1. The number of nitrogens with one attached hydrogen (secondary N) is 1. The van der Waals surface area contributed by atoms with Gasteiger partial charge in [-0.3, -0.25) is 14.6 Å². The van der Waals surface area contributed by atoms with E-state index in [1.165, 1.54) is 14.0 Å². The van der Waals surface area contributed by atoms with Gasteiger partial charge in [-0.05, 0) is 32.0 Å². The van der Waals surface area contributed by atoms with E-state index in [4.69, 9.17) is 20.3 Å². The molecule has 1 aliphatic heterocycles. The number of ketones is 2. The largest absolute Gasteiger partial charge is 0.496 e. The molecule has 0 fully saturated rings. The molecule has 1 aliphatic rings. The molecular weight excluding hydrogens is 456 g/mol. The Hall–Kier alpha value is -4.01. The van der Waals surface area contributed by atoms with Crippen LogP contribution in [0.25, 0.3) is 0 Å². The minimum absolute atomic E-state index is 0.217. The molecule has 0 saturated heterocycles. The highest BCUT2D eigenvalue weighted by Gasteiger charge is 2.36. The summed E-state index contributed by atoms with van der Waals surface area (Å²) in [5.74, 6) is 0.195. The second-order valence-corrected chi connectivity index (χ2v) is 8.64. The third-order valence-electron chi connectivity index (χ3n) is 6.25. The van der Waals surface area contributed by atoms with Crippen LogP contribution in [0.15, 0.2) is 77.8 Å². The van der Waals surface area contributed by atoms with Crippen LogP contribution in [-0.4, -0.2) is 49.7 Å². The number of aliphatic imine (C=N–C) groups is 1. The van der Waals surface area contributed by atoms with Crippen LogP contribution in [0.1, 0.15) is 35.3 Å². The Balaban J connectivity index is 1.64. The number of hydroxylamine groups is 1. The van der Waals surface area contributed by atoms with E-state index in [0.29, 0.717) is 11.5 Å². The number of nitrogens with zero attached hydrogens (tertiary/aromatic N) is 2. The van der Waals surface area contributed by atoms with Gasteiger partial charge in [0.2, 0.25) is 0 Å². The minimum Gasteiger partial charge on any atom is -0.496 e. The van der Waals surface area contributed by atoms with Crippen molar-refractivity contribution >= 4 is 23.0 Å². The molecular formula is C28H30N4O4. The van der Waals surface area contributed by atoms with Crippen molar-refractivity contribution in [1.82, 2.24) is 5.48 Å². The van der Waals surface area contributed by atoms with E-state index in [2.05, 4.69) is 5.48 Å². The number of benzene rings is 3. The van der Waals surface area contributed by atoms with Crippen LogP contribution in [0.4, 0.5) is 5.69 Å². The number of anilines is 1. The molecule has 0 bridgehead atoms. The van der Waals surface area contributed by atoms with E-state index >= 15 is 0 Å². The van der Waals surface area contributed by atoms with Crippen molar-refractivity contribution in [1.29, 1.82) is 0 Å². The number of nitrogens with two attached hydrogens (primary N) is 1. The Morgan fingerprint density at radius 3 is 2.36 bits per heavy atom. The van der Waals surface area contributed by atoms with Crippen molar-refractivity contribution in [2.24, 2.45) is 10.7 Å². The van der Waals surface area contributed by atoms with Gasteiger partial charge in [-0.2, -0.15) is 0 Å². The number of ether oxygens (including phenoxy) is 1. The van der Waals surface area contributed by atoms with Gasteiger partial charge in [0, 0.05) is 23.9 Å². The quantitative estimate of drug-likeness (QED) is 0.371. The second kappa shape index (κ2) is 10.7. The first-order valence-corrected chi connectivity index (χ1v) is 11.7. The summed E-state index contributed by atoms with van der Waals surface area (Å²) in [6.45, 7) is 3.11. The average molecular weight is 487 g/mol. The molecule has 0 aliphatic carbocycles. The third kappa shape index (κ3) is 4.86. The van der Waals surface area contributed by atoms with Gasteiger partial charge in [0.05, 0.1) is 12.8 Å². The molecule has 0 spiro atoms. The minimum atomic E-state index is -0.874. The van der Waals surface area contributed by atoms with Crippen molar-refractivity contribution in [2.45, 2.75) is 32.1 Å². The number of fused-ring (bicyclic) bond motifs is 1. The number of hydrogen-bond acceptors (Lipinski definition) is 8. The number of Topliss-reactive ketones (excluding diaryl/α,β-unsaturated/α-hetero) is 2. The molecule has 0 aromatic heterocycles. The van der Waals surface area contributed by atoms with Crippen molar-refractivity contribution in [3.05, 3.63) is 89.5 Å². The van der Waals surface area contributed by atoms with Gasteiger partial charge in [0.15, 0.2) is 17.3 Å². The molecule has 4 rings (SSSR count). The van der Waals surface area contributed by atoms with Gasteiger partial charge in [0.25, 0.3) is 0 Å². The summed E-state index contributed by atoms with van der Waals surface area (Å²) in [7, 11) is 3.34. The maximum absolute atomic E-state index is 13.7. The number of rotatable bonds is 8. The van der Waals surface area contributed by atoms with E-state index < -0.39 is 18.2 Å². The van der Waals surface area contributed by atoms with Gasteiger partial charge in [0.1, 0.15) is 29.6 Å². The Kier molecular flexibility index (Phi) is 7.47. The SMILES string of the molecule is COc1cccc(ONC(C)C(=O)C2N=C(c3ccccc3)c3ccccc3N(C)[C@@H]2N)c1C(C)=O. The van der Waals surface area contributed by atoms with Gasteiger partial charge in [-0.15, -0.1) is 5.48 Å². The number of methoxy groups -OCH3 is 1. The average Bonchev–Trinajstić information content (AvgIpc) is 3.01. The van der Waals surface area contributed by atoms with Gasteiger partial charge >= 0.3 is 0 Å². The van der Waals surface area contributed by atoms with E-state index in [9.17, 15) is 9.59 Å². The van der Waals surface area contributed by atoms with Crippen LogP contribution >= 0.6 is 0 Å². The molecule has 2 unspecified atom stereocenters. The molecule has 8 heteroatoms. The number of likely N-dealkylation sites (N-methyl/N-ethyl adjacent to an activating group) is 1. The van der Waals surface area contributed by atoms with Crippen molar-refractivity contribution in [2.75, 3.05) is 19.1 Å². The standard InChI is InChI=1S/C28H30N4O4/c1-17(31-36-23-16-10-15-22(35-4)24(23)18(2)33)27(34)26-28(29)32(3)21-14-9-8-13-20(21)25(30-26)19-11-6-5-7-12-19/h5-17,26,28,31H,29H2,1-4H3/t17?,26?,28-/m0/s1.